The molecule has 0 saturated carbocycles. The lowest BCUT2D eigenvalue weighted by Gasteiger charge is -2.06. The highest BCUT2D eigenvalue weighted by atomic mass is 79.9. The van der Waals surface area contributed by atoms with Gasteiger partial charge in [-0.15, -0.1) is 0 Å². The number of hydrogen-bond donors (Lipinski definition) is 2. The van der Waals surface area contributed by atoms with Gasteiger partial charge in [0.2, 0.25) is 0 Å². The van der Waals surface area contributed by atoms with Gasteiger partial charge in [0.1, 0.15) is 10.1 Å². The predicted molar refractivity (Wildman–Crippen MR) is 71.7 cm³/mol. The van der Waals surface area contributed by atoms with E-state index in [1.54, 1.807) is 12.3 Å². The first-order valence-electron chi connectivity index (χ1n) is 4.85. The van der Waals surface area contributed by atoms with Crippen LogP contribution in [0.4, 0.5) is 5.69 Å². The van der Waals surface area contributed by atoms with Crippen molar-refractivity contribution in [2.75, 3.05) is 5.73 Å². The molecule has 2 aromatic heterocycles. The molecule has 3 N–H and O–H groups in total. The van der Waals surface area contributed by atoms with Crippen LogP contribution >= 0.6 is 27.7 Å². The van der Waals surface area contributed by atoms with E-state index in [4.69, 9.17) is 10.8 Å². The number of aromatic nitrogens is 2. The van der Waals surface area contributed by atoms with Crippen molar-refractivity contribution in [2.24, 2.45) is 0 Å². The van der Waals surface area contributed by atoms with E-state index in [-0.39, 0.29) is 11.3 Å². The van der Waals surface area contributed by atoms with E-state index in [1.165, 1.54) is 24.0 Å². The van der Waals surface area contributed by atoms with Gasteiger partial charge in [-0.25, -0.2) is 14.8 Å². The number of carbonyl (C=O) groups is 1. The average molecular weight is 326 g/mol. The Morgan fingerprint density at radius 1 is 1.33 bits per heavy atom. The van der Waals surface area contributed by atoms with Crippen LogP contribution in [0.15, 0.2) is 45.1 Å². The summed E-state index contributed by atoms with van der Waals surface area (Å²) in [6.07, 6.45) is 3.07. The fourth-order valence-corrected chi connectivity index (χ4v) is 2.25. The maximum absolute atomic E-state index is 10.9. The summed E-state index contributed by atoms with van der Waals surface area (Å²) in [5.74, 6) is -1.07. The lowest BCUT2D eigenvalue weighted by atomic mass is 10.2. The second kappa shape index (κ2) is 5.36. The molecule has 0 saturated heterocycles. The summed E-state index contributed by atoms with van der Waals surface area (Å²) < 4.78 is 0.868. The molecule has 2 heterocycles. The molecule has 0 atom stereocenters. The number of nitrogen functional groups attached to an aromatic ring is 1. The first-order valence-corrected chi connectivity index (χ1v) is 6.46. The molecular weight excluding hydrogens is 318 g/mol. The monoisotopic (exact) mass is 325 g/mol. The van der Waals surface area contributed by atoms with Crippen molar-refractivity contribution in [2.45, 2.75) is 10.1 Å². The molecule has 5 nitrogen and oxygen atoms in total. The summed E-state index contributed by atoms with van der Waals surface area (Å²) in [5.41, 5.74) is 5.96. The first-order chi connectivity index (χ1) is 8.58. The third-order valence-electron chi connectivity index (χ3n) is 2.09. The minimum atomic E-state index is -1.07. The minimum Gasteiger partial charge on any atom is -0.478 e. The number of aromatic carboxylic acids is 1. The van der Waals surface area contributed by atoms with Gasteiger partial charge < -0.3 is 10.8 Å². The molecular formula is C11H8BrN3O2S. The molecule has 2 aromatic rings. The highest BCUT2D eigenvalue weighted by Gasteiger charge is 2.13. The van der Waals surface area contributed by atoms with E-state index in [2.05, 4.69) is 25.9 Å². The normalized spacial score (nSPS) is 10.3. The molecule has 7 heteroatoms. The molecule has 0 aliphatic carbocycles. The Morgan fingerprint density at radius 2 is 2.11 bits per heavy atom. The standard InChI is InChI=1S/C11H8BrN3O2S/c12-6-1-2-8(15-5-6)18-10-9(13)7(11(16)17)3-4-14-10/h1-5H,13H2,(H,16,17). The van der Waals surface area contributed by atoms with Crippen LogP contribution in [0.3, 0.4) is 0 Å². The van der Waals surface area contributed by atoms with Gasteiger partial charge in [-0.3, -0.25) is 0 Å². The van der Waals surface area contributed by atoms with Gasteiger partial charge in [0.05, 0.1) is 11.3 Å². The third kappa shape index (κ3) is 2.80. The highest BCUT2D eigenvalue weighted by Crippen LogP contribution is 2.30. The number of hydrogen-bond acceptors (Lipinski definition) is 5. The van der Waals surface area contributed by atoms with Crippen LogP contribution in [0.2, 0.25) is 0 Å². The fraction of sp³-hybridized carbons (Fsp3) is 0. The lowest BCUT2D eigenvalue weighted by Crippen LogP contribution is -2.04. The van der Waals surface area contributed by atoms with Crippen LogP contribution in [0, 0.1) is 0 Å². The Hall–Kier alpha value is -1.60. The first kappa shape index (κ1) is 12.8. The van der Waals surface area contributed by atoms with Crippen molar-refractivity contribution in [3.8, 4) is 0 Å². The maximum Gasteiger partial charge on any atom is 0.337 e. The molecule has 0 aliphatic heterocycles. The van der Waals surface area contributed by atoms with Gasteiger partial charge in [0.15, 0.2) is 0 Å². The zero-order chi connectivity index (χ0) is 13.1. The van der Waals surface area contributed by atoms with Gasteiger partial charge >= 0.3 is 5.97 Å². The molecule has 0 unspecified atom stereocenters. The van der Waals surface area contributed by atoms with Crippen LogP contribution in [-0.2, 0) is 0 Å². The topological polar surface area (TPSA) is 89.1 Å². The third-order valence-corrected chi connectivity index (χ3v) is 3.52. The summed E-state index contributed by atoms with van der Waals surface area (Å²) >= 11 is 4.51. The van der Waals surface area contributed by atoms with Crippen molar-refractivity contribution in [1.82, 2.24) is 9.97 Å². The van der Waals surface area contributed by atoms with Gasteiger partial charge in [0, 0.05) is 16.9 Å². The molecule has 0 aromatic carbocycles. The summed E-state index contributed by atoms with van der Waals surface area (Å²) in [6.45, 7) is 0. The van der Waals surface area contributed by atoms with Crippen LogP contribution in [0.25, 0.3) is 0 Å². The largest absolute Gasteiger partial charge is 0.478 e. The Morgan fingerprint density at radius 3 is 2.72 bits per heavy atom. The van der Waals surface area contributed by atoms with Gasteiger partial charge in [0.25, 0.3) is 0 Å². The van der Waals surface area contributed by atoms with Crippen LogP contribution in [0.5, 0.6) is 0 Å². The SMILES string of the molecule is Nc1c(C(=O)O)ccnc1Sc1ccc(Br)cn1. The zero-order valence-electron chi connectivity index (χ0n) is 9.00. The lowest BCUT2D eigenvalue weighted by molar-refractivity contribution is 0.0697. The van der Waals surface area contributed by atoms with E-state index in [0.29, 0.717) is 10.1 Å². The number of halogens is 1. The Balaban J connectivity index is 2.32. The van der Waals surface area contributed by atoms with Crippen molar-refractivity contribution in [1.29, 1.82) is 0 Å². The van der Waals surface area contributed by atoms with Crippen molar-refractivity contribution in [3.05, 3.63) is 40.6 Å². The van der Waals surface area contributed by atoms with Gasteiger partial charge in [-0.1, -0.05) is 0 Å². The van der Waals surface area contributed by atoms with Gasteiger partial charge in [-0.05, 0) is 45.9 Å². The summed E-state index contributed by atoms with van der Waals surface area (Å²) in [5, 5.41) is 10.1. The second-order valence-corrected chi connectivity index (χ2v) is 5.22. The van der Waals surface area contributed by atoms with E-state index in [0.717, 1.165) is 4.47 Å². The summed E-state index contributed by atoms with van der Waals surface area (Å²) in [4.78, 5) is 19.2. The number of nitrogens with zero attached hydrogens (tertiary/aromatic N) is 2. The zero-order valence-corrected chi connectivity index (χ0v) is 11.4. The number of anilines is 1. The van der Waals surface area contributed by atoms with Crippen molar-refractivity contribution in [3.63, 3.8) is 0 Å². The van der Waals surface area contributed by atoms with E-state index in [1.807, 2.05) is 6.07 Å². The van der Waals surface area contributed by atoms with E-state index >= 15 is 0 Å². The fourth-order valence-electron chi connectivity index (χ4n) is 1.24. The number of rotatable bonds is 3. The quantitative estimate of drug-likeness (QED) is 0.901. The highest BCUT2D eigenvalue weighted by molar-refractivity contribution is 9.10. The Bertz CT molecular complexity index is 589. The Kier molecular flexibility index (Phi) is 3.83. The molecule has 0 amide bonds. The molecule has 0 spiro atoms. The number of nitrogens with two attached hydrogens (primary N) is 1. The van der Waals surface area contributed by atoms with E-state index in [9.17, 15) is 4.79 Å². The maximum atomic E-state index is 10.9. The second-order valence-electron chi connectivity index (χ2n) is 3.30. The minimum absolute atomic E-state index is 0.0459. The van der Waals surface area contributed by atoms with Gasteiger partial charge in [-0.2, -0.15) is 0 Å². The van der Waals surface area contributed by atoms with Crippen LogP contribution in [0.1, 0.15) is 10.4 Å². The molecule has 2 rings (SSSR count). The molecule has 0 aliphatic rings. The van der Waals surface area contributed by atoms with Crippen LogP contribution < -0.4 is 5.73 Å². The van der Waals surface area contributed by atoms with Crippen LogP contribution in [-0.4, -0.2) is 21.0 Å². The average Bonchev–Trinajstić information content (AvgIpc) is 2.34. The molecule has 0 radical (unpaired) electrons. The molecule has 18 heavy (non-hydrogen) atoms. The smallest absolute Gasteiger partial charge is 0.337 e. The van der Waals surface area contributed by atoms with Crippen molar-refractivity contribution >= 4 is 39.3 Å². The molecule has 0 bridgehead atoms. The Labute approximate surface area is 116 Å². The molecule has 92 valence electrons. The van der Waals surface area contributed by atoms with Crippen molar-refractivity contribution < 1.29 is 9.90 Å². The molecule has 0 fully saturated rings. The number of carboxylic acid groups (broad SMARTS) is 1. The summed E-state index contributed by atoms with van der Waals surface area (Å²) in [6, 6.07) is 5.01. The number of pyridine rings is 2. The van der Waals surface area contributed by atoms with E-state index < -0.39 is 5.97 Å². The number of carboxylic acids is 1. The predicted octanol–water partition coefficient (Wildman–Crippen LogP) is 2.67. The summed E-state index contributed by atoms with van der Waals surface area (Å²) in [7, 11) is 0.